The van der Waals surface area contributed by atoms with Crippen LogP contribution in [-0.4, -0.2) is 262 Å². The Kier molecular flexibility index (Phi) is 32.3. The standard InChI is InChI=1S/C47H77N19O20S/c48-22(5-1-9-53-46(49)50)37(77)55-15-32(70)60-24(13-35(73)74)39(79)63-26(19-67)43(83)65-11-3-7-29(65)41(81)57-17-31(69)59-23(6-2-10-54-47(51)52)38(78)56-16-33(71)61-25(14-36(75)76)40(80)64-27(20-68)44(84)66-12-4-8-30(66)42(82)58-18-34(72)62-28(21-87)45(85)86/h22-30,67-68,87H,1-21,48H2,(H,55,77)(H,56,78)(H,57,81)(H,58,82)(H,59,69)(H,60,70)(H,61,71)(H,62,72)(H,63,79)(H,64,80)(H,73,74)(H,75,76)(H,85,86)(H4,49,50,53)(H4,51,52,54)/t22-,23-,24-,25-,26-,27-,28-,29-,30-/m0/s1. The summed E-state index contributed by atoms with van der Waals surface area (Å²) in [5.74, 6) is -17.7. The maximum absolute atomic E-state index is 13.7. The Morgan fingerprint density at radius 2 is 0.851 bits per heavy atom. The highest BCUT2D eigenvalue weighted by atomic mass is 32.1. The van der Waals surface area contributed by atoms with Crippen molar-refractivity contribution in [3.05, 3.63) is 0 Å². The topological polar surface area (TPSA) is 634 Å². The molecule has 87 heavy (non-hydrogen) atoms. The molecule has 0 aromatic heterocycles. The fraction of sp³-hybridized carbons (Fsp3) is 0.638. The summed E-state index contributed by atoms with van der Waals surface area (Å²) in [6.45, 7) is -5.27. The first-order valence-corrected chi connectivity index (χ1v) is 27.6. The summed E-state index contributed by atoms with van der Waals surface area (Å²) in [5.41, 5.74) is 16.3. The molecule has 0 aliphatic carbocycles. The number of likely N-dealkylation sites (tertiary alicyclic amines) is 2. The molecule has 2 fully saturated rings. The van der Waals surface area contributed by atoms with Gasteiger partial charge in [-0.1, -0.05) is 0 Å². The first-order valence-electron chi connectivity index (χ1n) is 26.9. The molecule has 2 rings (SSSR count). The number of aliphatic hydroxyl groups is 2. The zero-order chi connectivity index (χ0) is 65.5. The van der Waals surface area contributed by atoms with Crippen molar-refractivity contribution in [1.29, 1.82) is 10.8 Å². The number of nitrogens with one attached hydrogen (secondary N) is 14. The van der Waals surface area contributed by atoms with Crippen LogP contribution in [-0.2, 0) is 71.9 Å². The number of rotatable bonds is 38. The van der Waals surface area contributed by atoms with Gasteiger partial charge in [0.15, 0.2) is 11.9 Å². The van der Waals surface area contributed by atoms with E-state index in [0.29, 0.717) is 6.42 Å². The summed E-state index contributed by atoms with van der Waals surface area (Å²) < 4.78 is 0. The molecule has 486 valence electrons. The molecule has 9 atom stereocenters. The minimum atomic E-state index is -1.94. The van der Waals surface area contributed by atoms with E-state index in [9.17, 15) is 92.3 Å². The lowest BCUT2D eigenvalue weighted by molar-refractivity contribution is -0.144. The number of nitrogens with two attached hydrogens (primary N) is 3. The number of amides is 12. The number of hydrogen-bond donors (Lipinski definition) is 23. The van der Waals surface area contributed by atoms with Gasteiger partial charge < -0.3 is 116 Å². The lowest BCUT2D eigenvalue weighted by atomic mass is 10.1. The molecular weight excluding hydrogens is 1180 g/mol. The number of thiol groups is 1. The van der Waals surface area contributed by atoms with Crippen LogP contribution < -0.4 is 81.0 Å². The third kappa shape index (κ3) is 26.7. The van der Waals surface area contributed by atoms with Gasteiger partial charge in [0.1, 0.15) is 48.3 Å². The van der Waals surface area contributed by atoms with Crippen molar-refractivity contribution in [1.82, 2.24) is 73.6 Å². The molecule has 2 aliphatic rings. The van der Waals surface area contributed by atoms with E-state index >= 15 is 0 Å². The highest BCUT2D eigenvalue weighted by Gasteiger charge is 2.41. The summed E-state index contributed by atoms with van der Waals surface area (Å²) in [4.78, 5) is 194. The number of carbonyl (C=O) groups excluding carboxylic acids is 12. The molecular formula is C47H77N19O20S. The average Bonchev–Trinajstić information content (AvgIpc) is 2.94. The minimum Gasteiger partial charge on any atom is -0.481 e. The van der Waals surface area contributed by atoms with Gasteiger partial charge in [-0.25, -0.2) is 4.79 Å². The van der Waals surface area contributed by atoms with Crippen LogP contribution in [0.5, 0.6) is 0 Å². The third-order valence-electron chi connectivity index (χ3n) is 12.8. The van der Waals surface area contributed by atoms with Gasteiger partial charge in [-0.05, 0) is 51.4 Å². The number of carboxylic acids is 3. The van der Waals surface area contributed by atoms with Crippen LogP contribution >= 0.6 is 12.6 Å². The third-order valence-corrected chi connectivity index (χ3v) is 13.2. The Labute approximate surface area is 501 Å². The van der Waals surface area contributed by atoms with Gasteiger partial charge in [-0.15, -0.1) is 0 Å². The smallest absolute Gasteiger partial charge is 0.327 e. The monoisotopic (exact) mass is 1260 g/mol. The number of nitrogens with zero attached hydrogens (tertiary/aromatic N) is 2. The number of guanidine groups is 2. The largest absolute Gasteiger partial charge is 0.481 e. The van der Waals surface area contributed by atoms with E-state index in [-0.39, 0.29) is 82.8 Å². The number of aliphatic hydroxyl groups excluding tert-OH is 2. The molecule has 0 aromatic rings. The predicted octanol–water partition coefficient (Wildman–Crippen LogP) is -11.9. The second kappa shape index (κ2) is 38.0. The molecule has 40 heteroatoms. The number of carbonyl (C=O) groups is 15. The number of carboxylic acid groups (broad SMARTS) is 3. The normalized spacial score (nSPS) is 16.6. The molecule has 0 spiro atoms. The molecule has 0 aromatic carbocycles. The highest BCUT2D eigenvalue weighted by Crippen LogP contribution is 2.20. The Morgan fingerprint density at radius 3 is 1.22 bits per heavy atom. The SMILES string of the molecule is N=C(N)NCCC[C@H](NC(=O)CNC(=O)[C@@H]1CCCN1C(=O)[C@H](CO)NC(=O)[C@H](CC(=O)O)NC(=O)CNC(=O)[C@@H](N)CCCNC(=N)N)C(=O)NCC(=O)N[C@@H](CC(=O)O)C(=O)N[C@@H](CO)C(=O)N1CCC[C@H]1C(=O)NCC(=O)N[C@@H](CS)C(=O)O. The van der Waals surface area contributed by atoms with Crippen LogP contribution in [0.1, 0.15) is 64.2 Å². The molecule has 0 unspecified atom stereocenters. The Balaban J connectivity index is 2.07. The van der Waals surface area contributed by atoms with Gasteiger partial charge in [0.25, 0.3) is 0 Å². The van der Waals surface area contributed by atoms with Crippen molar-refractivity contribution in [2.45, 2.75) is 119 Å². The van der Waals surface area contributed by atoms with Gasteiger partial charge in [-0.3, -0.25) is 77.9 Å². The van der Waals surface area contributed by atoms with E-state index in [1.807, 2.05) is 0 Å². The highest BCUT2D eigenvalue weighted by molar-refractivity contribution is 7.80. The van der Waals surface area contributed by atoms with Crippen molar-refractivity contribution < 1.29 is 97.5 Å². The van der Waals surface area contributed by atoms with Crippen LogP contribution in [0.3, 0.4) is 0 Å². The lowest BCUT2D eigenvalue weighted by Crippen LogP contribution is -2.59. The summed E-state index contributed by atoms with van der Waals surface area (Å²) >= 11 is 3.84. The Hall–Kier alpha value is -9.18. The van der Waals surface area contributed by atoms with Gasteiger partial charge in [0.05, 0.1) is 58.3 Å². The maximum atomic E-state index is 13.7. The van der Waals surface area contributed by atoms with Crippen molar-refractivity contribution in [3.8, 4) is 0 Å². The quantitative estimate of drug-likeness (QED) is 0.0118. The van der Waals surface area contributed by atoms with Crippen molar-refractivity contribution in [2.75, 3.05) is 71.3 Å². The van der Waals surface area contributed by atoms with E-state index < -0.39 is 201 Å². The van der Waals surface area contributed by atoms with E-state index in [1.165, 1.54) is 0 Å². The molecule has 39 nitrogen and oxygen atoms in total. The van der Waals surface area contributed by atoms with E-state index in [1.54, 1.807) is 0 Å². The van der Waals surface area contributed by atoms with Gasteiger partial charge in [0, 0.05) is 31.9 Å². The van der Waals surface area contributed by atoms with Gasteiger partial charge >= 0.3 is 17.9 Å². The van der Waals surface area contributed by atoms with Crippen molar-refractivity contribution >= 4 is 113 Å². The van der Waals surface area contributed by atoms with Crippen molar-refractivity contribution in [3.63, 3.8) is 0 Å². The minimum absolute atomic E-state index is 0.00283. The van der Waals surface area contributed by atoms with Crippen LogP contribution in [0.25, 0.3) is 0 Å². The van der Waals surface area contributed by atoms with Crippen LogP contribution in [0, 0.1) is 10.8 Å². The first-order chi connectivity index (χ1) is 41.0. The molecule has 25 N–H and O–H groups in total. The molecule has 2 saturated heterocycles. The van der Waals surface area contributed by atoms with Gasteiger partial charge in [0.2, 0.25) is 70.9 Å². The van der Waals surface area contributed by atoms with Crippen LogP contribution in [0.4, 0.5) is 0 Å². The zero-order valence-electron chi connectivity index (χ0n) is 47.0. The number of aliphatic carboxylic acids is 3. The predicted molar refractivity (Wildman–Crippen MR) is 300 cm³/mol. The summed E-state index contributed by atoms with van der Waals surface area (Å²) in [6.07, 6.45) is -1.23. The average molecular weight is 1260 g/mol. The number of hydrogen-bond acceptors (Lipinski definition) is 21. The van der Waals surface area contributed by atoms with E-state index in [0.717, 1.165) is 9.80 Å². The molecule has 2 heterocycles. The van der Waals surface area contributed by atoms with E-state index in [2.05, 4.69) is 76.4 Å². The molecule has 0 bridgehead atoms. The summed E-state index contributed by atoms with van der Waals surface area (Å²) in [7, 11) is 0. The maximum Gasteiger partial charge on any atom is 0.327 e. The molecule has 0 saturated carbocycles. The summed E-state index contributed by atoms with van der Waals surface area (Å²) in [6, 6.07) is -13.8. The fourth-order valence-corrected chi connectivity index (χ4v) is 8.74. The lowest BCUT2D eigenvalue weighted by Gasteiger charge is -2.29. The fourth-order valence-electron chi connectivity index (χ4n) is 8.49. The van der Waals surface area contributed by atoms with Crippen LogP contribution in [0.2, 0.25) is 0 Å². The molecule has 2 aliphatic heterocycles. The van der Waals surface area contributed by atoms with E-state index in [4.69, 9.17) is 33.1 Å². The first kappa shape index (κ1) is 73.9. The second-order valence-electron chi connectivity index (χ2n) is 19.5. The molecule has 0 radical (unpaired) electrons. The van der Waals surface area contributed by atoms with Gasteiger partial charge in [-0.2, -0.15) is 12.6 Å². The Morgan fingerprint density at radius 1 is 0.483 bits per heavy atom. The second-order valence-corrected chi connectivity index (χ2v) is 19.9. The van der Waals surface area contributed by atoms with Crippen LogP contribution in [0.15, 0.2) is 0 Å². The molecule has 12 amide bonds. The Bertz CT molecular complexity index is 2550. The zero-order valence-corrected chi connectivity index (χ0v) is 47.9. The van der Waals surface area contributed by atoms with Crippen molar-refractivity contribution in [2.24, 2.45) is 17.2 Å². The summed E-state index contributed by atoms with van der Waals surface area (Å²) in [5, 5.41) is 89.9.